The summed E-state index contributed by atoms with van der Waals surface area (Å²) in [6, 6.07) is 3.23. The Bertz CT molecular complexity index is 467. The number of nitrogens with zero attached hydrogens (tertiary/aromatic N) is 1. The topological polar surface area (TPSA) is 79.2 Å². The summed E-state index contributed by atoms with van der Waals surface area (Å²) in [6.45, 7) is 1.35. The minimum atomic E-state index is -0.242. The minimum absolute atomic E-state index is 0.0562. The highest BCUT2D eigenvalue weighted by atomic mass is 16.2. The number of aromatic amines is 1. The average Bonchev–Trinajstić information content (AvgIpc) is 2.39. The minimum Gasteiger partial charge on any atom is -0.336 e. The van der Waals surface area contributed by atoms with Crippen molar-refractivity contribution in [2.45, 2.75) is 31.7 Å². The summed E-state index contributed by atoms with van der Waals surface area (Å²) in [6.07, 6.45) is 5.51. The summed E-state index contributed by atoms with van der Waals surface area (Å²) in [5, 5.41) is 0. The molecular weight excluding hydrogens is 230 g/mol. The zero-order valence-electron chi connectivity index (χ0n) is 10.4. The number of carbonyl (C=O) groups excluding carboxylic acids is 1. The van der Waals surface area contributed by atoms with E-state index in [1.807, 2.05) is 4.90 Å². The van der Waals surface area contributed by atoms with E-state index in [2.05, 4.69) is 4.98 Å². The Labute approximate surface area is 106 Å². The van der Waals surface area contributed by atoms with E-state index in [0.717, 1.165) is 32.2 Å². The molecule has 1 aromatic heterocycles. The number of nitrogens with two attached hydrogens (primary N) is 1. The highest BCUT2D eigenvalue weighted by molar-refractivity contribution is 5.94. The zero-order chi connectivity index (χ0) is 13.0. The van der Waals surface area contributed by atoms with Gasteiger partial charge < -0.3 is 15.6 Å². The van der Waals surface area contributed by atoms with E-state index in [1.54, 1.807) is 6.07 Å². The molecule has 0 bridgehead atoms. The van der Waals surface area contributed by atoms with Gasteiger partial charge in [-0.25, -0.2) is 0 Å². The molecule has 18 heavy (non-hydrogen) atoms. The number of carbonyl (C=O) groups is 1. The van der Waals surface area contributed by atoms with Crippen molar-refractivity contribution in [3.05, 3.63) is 34.2 Å². The van der Waals surface area contributed by atoms with E-state index >= 15 is 0 Å². The molecule has 0 aliphatic carbocycles. The van der Waals surface area contributed by atoms with Crippen LogP contribution in [0.25, 0.3) is 0 Å². The monoisotopic (exact) mass is 249 g/mol. The van der Waals surface area contributed by atoms with E-state index in [-0.39, 0.29) is 17.5 Å². The van der Waals surface area contributed by atoms with Crippen molar-refractivity contribution >= 4 is 5.91 Å². The molecule has 1 aliphatic heterocycles. The lowest BCUT2D eigenvalue weighted by molar-refractivity contribution is 0.0604. The van der Waals surface area contributed by atoms with Gasteiger partial charge in [0.05, 0.1) is 0 Å². The number of likely N-dealkylation sites (tertiary alicyclic amines) is 1. The lowest BCUT2D eigenvalue weighted by Crippen LogP contribution is -2.44. The molecule has 1 atom stereocenters. The Hall–Kier alpha value is -1.62. The van der Waals surface area contributed by atoms with Crippen LogP contribution in [0, 0.1) is 0 Å². The number of piperidine rings is 1. The van der Waals surface area contributed by atoms with E-state index in [4.69, 9.17) is 5.73 Å². The molecular formula is C13H19N3O2. The Morgan fingerprint density at radius 1 is 1.50 bits per heavy atom. The highest BCUT2D eigenvalue weighted by Crippen LogP contribution is 2.21. The van der Waals surface area contributed by atoms with Crippen LogP contribution < -0.4 is 11.3 Å². The Balaban J connectivity index is 2.18. The van der Waals surface area contributed by atoms with Crippen molar-refractivity contribution in [1.82, 2.24) is 9.88 Å². The van der Waals surface area contributed by atoms with Gasteiger partial charge in [0.2, 0.25) is 5.56 Å². The van der Waals surface area contributed by atoms with Gasteiger partial charge in [0.1, 0.15) is 0 Å². The molecule has 5 heteroatoms. The lowest BCUT2D eigenvalue weighted by atomic mass is 9.98. The van der Waals surface area contributed by atoms with Gasteiger partial charge in [0, 0.05) is 30.4 Å². The molecule has 0 spiro atoms. The van der Waals surface area contributed by atoms with Gasteiger partial charge in [-0.3, -0.25) is 9.59 Å². The van der Waals surface area contributed by atoms with Crippen molar-refractivity contribution in [2.75, 3.05) is 13.1 Å². The molecule has 0 saturated carbocycles. The zero-order valence-corrected chi connectivity index (χ0v) is 10.4. The number of hydrogen-bond donors (Lipinski definition) is 2. The standard InChI is InChI=1S/C13H19N3O2/c14-6-4-11-3-1-2-8-16(11)13(18)10-5-7-15-12(17)9-10/h5,7,9,11H,1-4,6,8,14H2,(H,15,17). The van der Waals surface area contributed by atoms with Gasteiger partial charge in [0.15, 0.2) is 0 Å². The average molecular weight is 249 g/mol. The second-order valence-electron chi connectivity index (χ2n) is 4.67. The first-order valence-corrected chi connectivity index (χ1v) is 6.42. The lowest BCUT2D eigenvalue weighted by Gasteiger charge is -2.35. The maximum Gasteiger partial charge on any atom is 0.254 e. The molecule has 0 aromatic carbocycles. The normalized spacial score (nSPS) is 19.8. The summed E-state index contributed by atoms with van der Waals surface area (Å²) in [5.74, 6) is -0.0562. The fourth-order valence-corrected chi connectivity index (χ4v) is 2.50. The summed E-state index contributed by atoms with van der Waals surface area (Å²) in [4.78, 5) is 28.0. The molecule has 1 aromatic rings. The molecule has 3 N–H and O–H groups in total. The van der Waals surface area contributed by atoms with Gasteiger partial charge in [-0.2, -0.15) is 0 Å². The molecule has 5 nitrogen and oxygen atoms in total. The van der Waals surface area contributed by atoms with Crippen LogP contribution in [0.5, 0.6) is 0 Å². The number of rotatable bonds is 3. The Morgan fingerprint density at radius 2 is 2.33 bits per heavy atom. The number of nitrogens with one attached hydrogen (secondary N) is 1. The van der Waals surface area contributed by atoms with Crippen molar-refractivity contribution < 1.29 is 4.79 Å². The highest BCUT2D eigenvalue weighted by Gasteiger charge is 2.26. The van der Waals surface area contributed by atoms with E-state index in [9.17, 15) is 9.59 Å². The third-order valence-corrected chi connectivity index (χ3v) is 3.41. The van der Waals surface area contributed by atoms with E-state index < -0.39 is 0 Å². The predicted octanol–water partition coefficient (Wildman–Crippen LogP) is 0.718. The van der Waals surface area contributed by atoms with E-state index in [1.165, 1.54) is 12.3 Å². The van der Waals surface area contributed by atoms with Crippen LogP contribution >= 0.6 is 0 Å². The fourth-order valence-electron chi connectivity index (χ4n) is 2.50. The summed E-state index contributed by atoms with van der Waals surface area (Å²) < 4.78 is 0. The summed E-state index contributed by atoms with van der Waals surface area (Å²) in [5.41, 5.74) is 5.81. The number of pyridine rings is 1. The second-order valence-corrected chi connectivity index (χ2v) is 4.67. The quantitative estimate of drug-likeness (QED) is 0.828. The van der Waals surface area contributed by atoms with Crippen LogP contribution in [-0.2, 0) is 0 Å². The number of hydrogen-bond acceptors (Lipinski definition) is 3. The number of aromatic nitrogens is 1. The number of amides is 1. The summed E-state index contributed by atoms with van der Waals surface area (Å²) >= 11 is 0. The molecule has 0 radical (unpaired) electrons. The van der Waals surface area contributed by atoms with Crippen LogP contribution in [0.1, 0.15) is 36.0 Å². The first-order valence-electron chi connectivity index (χ1n) is 6.42. The van der Waals surface area contributed by atoms with Crippen LogP contribution in [0.3, 0.4) is 0 Å². The molecule has 1 unspecified atom stereocenters. The maximum absolute atomic E-state index is 12.4. The van der Waals surface area contributed by atoms with Gasteiger partial charge in [-0.15, -0.1) is 0 Å². The molecule has 98 valence electrons. The van der Waals surface area contributed by atoms with Crippen molar-refractivity contribution in [3.8, 4) is 0 Å². The Kier molecular flexibility index (Phi) is 4.15. The van der Waals surface area contributed by atoms with Crippen molar-refractivity contribution in [2.24, 2.45) is 5.73 Å². The molecule has 1 saturated heterocycles. The van der Waals surface area contributed by atoms with Crippen LogP contribution in [0.2, 0.25) is 0 Å². The maximum atomic E-state index is 12.4. The second kappa shape index (κ2) is 5.82. The molecule has 1 amide bonds. The third kappa shape index (κ3) is 2.79. The summed E-state index contributed by atoms with van der Waals surface area (Å²) in [7, 11) is 0. The Morgan fingerprint density at radius 3 is 3.06 bits per heavy atom. The fraction of sp³-hybridized carbons (Fsp3) is 0.538. The van der Waals surface area contributed by atoms with Gasteiger partial charge >= 0.3 is 0 Å². The van der Waals surface area contributed by atoms with Crippen LogP contribution in [0.15, 0.2) is 23.1 Å². The van der Waals surface area contributed by atoms with Crippen LogP contribution in [0.4, 0.5) is 0 Å². The largest absolute Gasteiger partial charge is 0.336 e. The first-order chi connectivity index (χ1) is 8.72. The molecule has 2 heterocycles. The first kappa shape index (κ1) is 12.8. The van der Waals surface area contributed by atoms with Crippen LogP contribution in [-0.4, -0.2) is 34.9 Å². The molecule has 2 rings (SSSR count). The molecule has 1 fully saturated rings. The van der Waals surface area contributed by atoms with E-state index in [0.29, 0.717) is 12.1 Å². The molecule has 1 aliphatic rings. The van der Waals surface area contributed by atoms with Crippen molar-refractivity contribution in [3.63, 3.8) is 0 Å². The van der Waals surface area contributed by atoms with Gasteiger partial charge in [-0.05, 0) is 38.3 Å². The predicted molar refractivity (Wildman–Crippen MR) is 69.4 cm³/mol. The van der Waals surface area contributed by atoms with Gasteiger partial charge in [-0.1, -0.05) is 0 Å². The van der Waals surface area contributed by atoms with Crippen molar-refractivity contribution in [1.29, 1.82) is 0 Å². The third-order valence-electron chi connectivity index (χ3n) is 3.41. The smallest absolute Gasteiger partial charge is 0.254 e. The van der Waals surface area contributed by atoms with Gasteiger partial charge in [0.25, 0.3) is 5.91 Å². The number of H-pyrrole nitrogens is 1. The SMILES string of the molecule is NCCC1CCCCN1C(=O)c1cc[nH]c(=O)c1.